The number of carboxylic acid groups (broad SMARTS) is 1. The molecule has 1 aliphatic heterocycles. The maximum atomic E-state index is 12.1. The number of ether oxygens (including phenoxy) is 2. The Balaban J connectivity index is 2.03. The molecule has 3 N–H and O–H groups in total. The quantitative estimate of drug-likeness (QED) is 0.809. The lowest BCUT2D eigenvalue weighted by Crippen LogP contribution is -2.40. The number of fused-ring (bicyclic) bond motifs is 1. The zero-order valence-corrected chi connectivity index (χ0v) is 12.1. The molecule has 0 unspecified atom stereocenters. The van der Waals surface area contributed by atoms with E-state index in [9.17, 15) is 18.3 Å². The van der Waals surface area contributed by atoms with Crippen LogP contribution in [-0.2, 0) is 14.6 Å². The van der Waals surface area contributed by atoms with E-state index in [0.29, 0.717) is 17.1 Å². The van der Waals surface area contributed by atoms with Crippen LogP contribution in [0.15, 0.2) is 18.2 Å². The van der Waals surface area contributed by atoms with Gasteiger partial charge in [0.15, 0.2) is 21.3 Å². The standard InChI is InChI=1S/C13H15NO6S/c1-2-21(17,18)11-10(13(11,14)12(15)16)7-3-4-8-9(5-7)20-6-19-8/h3-5,10-11H,2,6,14H2,1H3,(H,15,16)/t10-,11+,13+/m1/s1. The molecule has 1 aromatic rings. The Hall–Kier alpha value is -1.80. The second-order valence-corrected chi connectivity index (χ2v) is 7.61. The van der Waals surface area contributed by atoms with Gasteiger partial charge in [-0.2, -0.15) is 0 Å². The van der Waals surface area contributed by atoms with Gasteiger partial charge in [-0.1, -0.05) is 13.0 Å². The van der Waals surface area contributed by atoms with Crippen molar-refractivity contribution in [3.05, 3.63) is 23.8 Å². The van der Waals surface area contributed by atoms with Gasteiger partial charge in [0.2, 0.25) is 6.79 Å². The smallest absolute Gasteiger partial charge is 0.325 e. The number of benzene rings is 1. The summed E-state index contributed by atoms with van der Waals surface area (Å²) in [7, 11) is -3.57. The van der Waals surface area contributed by atoms with Crippen molar-refractivity contribution < 1.29 is 27.8 Å². The predicted molar refractivity (Wildman–Crippen MR) is 73.1 cm³/mol. The van der Waals surface area contributed by atoms with E-state index in [4.69, 9.17) is 15.2 Å². The number of carbonyl (C=O) groups is 1. The molecule has 2 aliphatic rings. The minimum Gasteiger partial charge on any atom is -0.480 e. The summed E-state index contributed by atoms with van der Waals surface area (Å²) in [5, 5.41) is 8.20. The summed E-state index contributed by atoms with van der Waals surface area (Å²) in [4.78, 5) is 11.4. The Morgan fingerprint density at radius 2 is 2.10 bits per heavy atom. The van der Waals surface area contributed by atoms with Crippen LogP contribution in [0.2, 0.25) is 0 Å². The number of nitrogens with two attached hydrogens (primary N) is 1. The van der Waals surface area contributed by atoms with Crippen molar-refractivity contribution in [2.45, 2.75) is 23.6 Å². The van der Waals surface area contributed by atoms with Gasteiger partial charge in [0, 0.05) is 11.7 Å². The van der Waals surface area contributed by atoms with Crippen LogP contribution < -0.4 is 15.2 Å². The molecule has 21 heavy (non-hydrogen) atoms. The van der Waals surface area contributed by atoms with Crippen LogP contribution >= 0.6 is 0 Å². The molecule has 3 atom stereocenters. The highest BCUT2D eigenvalue weighted by atomic mass is 32.2. The van der Waals surface area contributed by atoms with Crippen molar-refractivity contribution in [3.63, 3.8) is 0 Å². The number of carboxylic acids is 1. The molecule has 0 bridgehead atoms. The lowest BCUT2D eigenvalue weighted by molar-refractivity contribution is -0.139. The second kappa shape index (κ2) is 4.35. The Labute approximate surface area is 121 Å². The molecule has 114 valence electrons. The highest BCUT2D eigenvalue weighted by Crippen LogP contribution is 2.55. The van der Waals surface area contributed by atoms with Crippen molar-refractivity contribution in [3.8, 4) is 11.5 Å². The normalized spacial score (nSPS) is 30.2. The van der Waals surface area contributed by atoms with Crippen LogP contribution in [-0.4, -0.2) is 42.8 Å². The van der Waals surface area contributed by atoms with Gasteiger partial charge in [0.25, 0.3) is 0 Å². The van der Waals surface area contributed by atoms with E-state index in [2.05, 4.69) is 0 Å². The van der Waals surface area contributed by atoms with Gasteiger partial charge in [0.1, 0.15) is 5.54 Å². The fourth-order valence-electron chi connectivity index (χ4n) is 2.87. The molecule has 0 spiro atoms. The molecular weight excluding hydrogens is 298 g/mol. The summed E-state index contributed by atoms with van der Waals surface area (Å²) >= 11 is 0. The van der Waals surface area contributed by atoms with E-state index in [1.54, 1.807) is 18.2 Å². The molecule has 1 heterocycles. The van der Waals surface area contributed by atoms with Crippen LogP contribution in [0.5, 0.6) is 11.5 Å². The number of rotatable bonds is 4. The first kappa shape index (κ1) is 14.2. The van der Waals surface area contributed by atoms with Crippen LogP contribution in [0.1, 0.15) is 18.4 Å². The van der Waals surface area contributed by atoms with Gasteiger partial charge in [-0.3, -0.25) is 4.79 Å². The fraction of sp³-hybridized carbons (Fsp3) is 0.462. The first-order chi connectivity index (χ1) is 9.82. The summed E-state index contributed by atoms with van der Waals surface area (Å²) in [6, 6.07) is 4.87. The summed E-state index contributed by atoms with van der Waals surface area (Å²) in [6.45, 7) is 1.57. The Morgan fingerprint density at radius 1 is 1.43 bits per heavy atom. The van der Waals surface area contributed by atoms with Crippen molar-refractivity contribution in [2.75, 3.05) is 12.5 Å². The maximum absolute atomic E-state index is 12.1. The number of hydrogen-bond acceptors (Lipinski definition) is 6. The Kier molecular flexibility index (Phi) is 2.93. The molecule has 1 saturated carbocycles. The van der Waals surface area contributed by atoms with Crippen LogP contribution in [0.4, 0.5) is 0 Å². The van der Waals surface area contributed by atoms with Crippen LogP contribution in [0.25, 0.3) is 0 Å². The average Bonchev–Trinajstić information content (AvgIpc) is 2.87. The van der Waals surface area contributed by atoms with Gasteiger partial charge in [-0.25, -0.2) is 8.42 Å². The average molecular weight is 313 g/mol. The SMILES string of the molecule is CCS(=O)(=O)[C@H]1[C@@H](c2ccc3c(c2)OCO3)[C@@]1(N)C(=O)O. The molecule has 3 rings (SSSR count). The van der Waals surface area contributed by atoms with Crippen LogP contribution in [0.3, 0.4) is 0 Å². The topological polar surface area (TPSA) is 116 Å². The predicted octanol–water partition coefficient (Wildman–Crippen LogP) is 0.0979. The first-order valence-corrected chi connectivity index (χ1v) is 8.17. The lowest BCUT2D eigenvalue weighted by atomic mass is 10.1. The number of hydrogen-bond donors (Lipinski definition) is 2. The van der Waals surface area contributed by atoms with E-state index >= 15 is 0 Å². The molecule has 7 nitrogen and oxygen atoms in total. The first-order valence-electron chi connectivity index (χ1n) is 6.45. The second-order valence-electron chi connectivity index (χ2n) is 5.20. The number of aliphatic carboxylic acids is 1. The van der Waals surface area contributed by atoms with E-state index < -0.39 is 32.5 Å². The van der Waals surface area contributed by atoms with Gasteiger partial charge >= 0.3 is 5.97 Å². The third kappa shape index (κ3) is 1.90. The summed E-state index contributed by atoms with van der Waals surface area (Å²) < 4.78 is 34.6. The summed E-state index contributed by atoms with van der Waals surface area (Å²) in [6.07, 6.45) is 0. The molecule has 0 radical (unpaired) electrons. The molecule has 8 heteroatoms. The van der Waals surface area contributed by atoms with Gasteiger partial charge < -0.3 is 20.3 Å². The zero-order valence-electron chi connectivity index (χ0n) is 11.3. The molecule has 0 aromatic heterocycles. The third-order valence-electron chi connectivity index (χ3n) is 4.09. The molecule has 1 fully saturated rings. The van der Waals surface area contributed by atoms with Gasteiger partial charge in [-0.05, 0) is 17.7 Å². The Morgan fingerprint density at radius 3 is 2.71 bits per heavy atom. The van der Waals surface area contributed by atoms with Crippen LogP contribution in [0, 0.1) is 0 Å². The Bertz CT molecular complexity index is 715. The highest BCUT2D eigenvalue weighted by molar-refractivity contribution is 7.92. The highest BCUT2D eigenvalue weighted by Gasteiger charge is 2.73. The van der Waals surface area contributed by atoms with Gasteiger partial charge in [-0.15, -0.1) is 0 Å². The lowest BCUT2D eigenvalue weighted by Gasteiger charge is -2.05. The minimum atomic E-state index is -3.57. The molecule has 1 aliphatic carbocycles. The fourth-order valence-corrected chi connectivity index (χ4v) is 4.79. The monoisotopic (exact) mass is 313 g/mol. The zero-order chi connectivity index (χ0) is 15.4. The van der Waals surface area contributed by atoms with E-state index in [-0.39, 0.29) is 12.5 Å². The van der Waals surface area contributed by atoms with Crippen molar-refractivity contribution >= 4 is 15.8 Å². The maximum Gasteiger partial charge on any atom is 0.325 e. The van der Waals surface area contributed by atoms with E-state index in [1.165, 1.54) is 6.92 Å². The minimum absolute atomic E-state index is 0.0901. The van der Waals surface area contributed by atoms with Crippen molar-refractivity contribution in [2.24, 2.45) is 5.73 Å². The number of sulfone groups is 1. The largest absolute Gasteiger partial charge is 0.480 e. The summed E-state index contributed by atoms with van der Waals surface area (Å²) in [5.74, 6) is -1.22. The molecular formula is C13H15NO6S. The van der Waals surface area contributed by atoms with E-state index in [0.717, 1.165) is 0 Å². The van der Waals surface area contributed by atoms with Gasteiger partial charge in [0.05, 0.1) is 5.25 Å². The van der Waals surface area contributed by atoms with Crippen molar-refractivity contribution in [1.82, 2.24) is 0 Å². The molecule has 1 aromatic carbocycles. The molecule has 0 amide bonds. The molecule has 0 saturated heterocycles. The van der Waals surface area contributed by atoms with Crippen molar-refractivity contribution in [1.29, 1.82) is 0 Å². The van der Waals surface area contributed by atoms with E-state index in [1.807, 2.05) is 0 Å². The summed E-state index contributed by atoms with van der Waals surface area (Å²) in [5.41, 5.74) is 4.61. The third-order valence-corrected chi connectivity index (χ3v) is 6.34.